The molecule has 0 saturated carbocycles. The summed E-state index contributed by atoms with van der Waals surface area (Å²) in [4.78, 5) is 12.1. The fourth-order valence-corrected chi connectivity index (χ4v) is 7.13. The fraction of sp³-hybridized carbons (Fsp3) is 0.320. The average molecular weight is 519 g/mol. The molecule has 188 valence electrons. The number of sulfonamides is 1. The van der Waals surface area contributed by atoms with Gasteiger partial charge < -0.3 is 9.47 Å². The topological polar surface area (TPSA) is 111 Å². The van der Waals surface area contributed by atoms with Gasteiger partial charge in [-0.15, -0.1) is 0 Å². The molecular weight excluding hydrogens is 488 g/mol. The third-order valence-electron chi connectivity index (χ3n) is 5.28. The molecule has 2 atom stereocenters. The SMILES string of the molecule is C=CCOC(=O)OC1=C[C@H](NS(=O)(=NS(=O)(=O)c2ccc(C)cc2)c2ccc(C)cc2)CCCC1. The van der Waals surface area contributed by atoms with Crippen LogP contribution in [0.2, 0.25) is 0 Å². The largest absolute Gasteiger partial charge is 0.513 e. The number of nitrogens with zero attached hydrogens (tertiary/aromatic N) is 1. The van der Waals surface area contributed by atoms with Crippen LogP contribution in [0, 0.1) is 13.8 Å². The Kier molecular flexibility index (Phi) is 8.87. The van der Waals surface area contributed by atoms with Gasteiger partial charge in [-0.1, -0.05) is 58.2 Å². The van der Waals surface area contributed by atoms with Crippen LogP contribution < -0.4 is 4.72 Å². The number of rotatable bonds is 8. The lowest BCUT2D eigenvalue weighted by Gasteiger charge is -2.19. The van der Waals surface area contributed by atoms with Gasteiger partial charge in [-0.05, 0) is 57.0 Å². The molecule has 0 aromatic heterocycles. The Labute approximate surface area is 207 Å². The zero-order valence-corrected chi connectivity index (χ0v) is 21.4. The molecule has 35 heavy (non-hydrogen) atoms. The lowest BCUT2D eigenvalue weighted by atomic mass is 10.2. The summed E-state index contributed by atoms with van der Waals surface area (Å²) in [6, 6.07) is 12.3. The Morgan fingerprint density at radius 1 is 1.03 bits per heavy atom. The van der Waals surface area contributed by atoms with Gasteiger partial charge in [0.2, 0.25) is 0 Å². The van der Waals surface area contributed by atoms with Crippen LogP contribution in [0.3, 0.4) is 0 Å². The number of hydrogen-bond donors (Lipinski definition) is 1. The maximum Gasteiger partial charge on any atom is 0.513 e. The molecule has 0 amide bonds. The van der Waals surface area contributed by atoms with E-state index in [0.29, 0.717) is 18.6 Å². The molecule has 10 heteroatoms. The number of nitrogens with one attached hydrogen (secondary N) is 1. The summed E-state index contributed by atoms with van der Waals surface area (Å²) in [6.07, 6.45) is 4.75. The maximum atomic E-state index is 14.2. The van der Waals surface area contributed by atoms with Gasteiger partial charge in [0.05, 0.1) is 9.79 Å². The number of allylic oxidation sites excluding steroid dienone is 1. The molecule has 1 aliphatic carbocycles. The Hall–Kier alpha value is -2.95. The molecule has 8 nitrogen and oxygen atoms in total. The second kappa shape index (κ2) is 11.7. The molecule has 0 bridgehead atoms. The normalized spacial score (nSPS) is 17.9. The molecule has 2 aromatic carbocycles. The molecule has 1 aliphatic rings. The number of carbonyl (C=O) groups excluding carboxylic acids is 1. The zero-order chi connectivity index (χ0) is 25.5. The molecule has 0 spiro atoms. The van der Waals surface area contributed by atoms with E-state index in [1.807, 2.05) is 13.8 Å². The fourth-order valence-electron chi connectivity index (χ4n) is 3.45. The molecule has 0 aliphatic heterocycles. The molecule has 2 aromatic rings. The lowest BCUT2D eigenvalue weighted by Crippen LogP contribution is -2.34. The van der Waals surface area contributed by atoms with Crippen LogP contribution in [0.5, 0.6) is 0 Å². The van der Waals surface area contributed by atoms with Crippen molar-refractivity contribution in [3.05, 3.63) is 84.1 Å². The van der Waals surface area contributed by atoms with Crippen molar-refractivity contribution in [2.45, 2.75) is 55.4 Å². The van der Waals surface area contributed by atoms with Crippen LogP contribution in [0.15, 0.2) is 86.6 Å². The van der Waals surface area contributed by atoms with E-state index in [4.69, 9.17) is 9.47 Å². The molecular formula is C25H30N2O6S2. The van der Waals surface area contributed by atoms with Gasteiger partial charge in [-0.2, -0.15) is 8.42 Å². The van der Waals surface area contributed by atoms with Gasteiger partial charge in [0.25, 0.3) is 10.0 Å². The van der Waals surface area contributed by atoms with Crippen molar-refractivity contribution in [2.75, 3.05) is 6.61 Å². The number of benzene rings is 2. The van der Waals surface area contributed by atoms with E-state index in [-0.39, 0.29) is 16.4 Å². The summed E-state index contributed by atoms with van der Waals surface area (Å²) in [5, 5.41) is 0. The summed E-state index contributed by atoms with van der Waals surface area (Å²) >= 11 is 0. The maximum absolute atomic E-state index is 14.2. The van der Waals surface area contributed by atoms with E-state index in [9.17, 15) is 17.4 Å². The van der Waals surface area contributed by atoms with Crippen molar-refractivity contribution < 1.29 is 26.9 Å². The molecule has 1 N–H and O–H groups in total. The van der Waals surface area contributed by atoms with E-state index >= 15 is 0 Å². The Morgan fingerprint density at radius 3 is 2.23 bits per heavy atom. The summed E-state index contributed by atoms with van der Waals surface area (Å²) in [5.41, 5.74) is 1.82. The highest BCUT2D eigenvalue weighted by Crippen LogP contribution is 2.24. The number of ether oxygens (including phenoxy) is 2. The first-order chi connectivity index (χ1) is 16.6. The second-order valence-corrected chi connectivity index (χ2v) is 12.0. The van der Waals surface area contributed by atoms with Crippen molar-refractivity contribution in [1.82, 2.24) is 4.72 Å². The number of aryl methyl sites for hydroxylation is 2. The minimum Gasteiger partial charge on any atom is -0.430 e. The smallest absolute Gasteiger partial charge is 0.430 e. The summed E-state index contributed by atoms with van der Waals surface area (Å²) < 4.78 is 57.5. The molecule has 1 unspecified atom stereocenters. The van der Waals surface area contributed by atoms with Crippen molar-refractivity contribution in [1.29, 1.82) is 0 Å². The Bertz CT molecular complexity index is 1310. The highest BCUT2D eigenvalue weighted by atomic mass is 32.3. The standard InChI is InChI=1S/C25H30N2O6S2/c1-4-17-32-25(28)33-22-8-6-5-7-21(18-22)26-34(29,23-13-9-19(2)10-14-23)27-35(30,31)24-15-11-20(3)12-16-24/h4,9-16,18,21H,1,5-8,17H2,2-3H3,(H,26,27,29)/t21-,34?/m1/s1. The van der Waals surface area contributed by atoms with Gasteiger partial charge in [0.1, 0.15) is 12.4 Å². The minimum absolute atomic E-state index is 0.0186. The second-order valence-electron chi connectivity index (χ2n) is 8.26. The summed E-state index contributed by atoms with van der Waals surface area (Å²) in [7, 11) is -7.87. The first kappa shape index (κ1) is 26.7. The third kappa shape index (κ3) is 7.51. The quantitative estimate of drug-likeness (QED) is 0.380. The van der Waals surface area contributed by atoms with E-state index in [1.54, 1.807) is 42.5 Å². The van der Waals surface area contributed by atoms with E-state index < -0.39 is 32.1 Å². The van der Waals surface area contributed by atoms with Gasteiger partial charge in [0, 0.05) is 12.5 Å². The van der Waals surface area contributed by atoms with E-state index in [0.717, 1.165) is 24.0 Å². The van der Waals surface area contributed by atoms with Crippen molar-refractivity contribution in [3.63, 3.8) is 0 Å². The van der Waals surface area contributed by atoms with Crippen LogP contribution in [0.25, 0.3) is 0 Å². The van der Waals surface area contributed by atoms with E-state index in [1.165, 1.54) is 18.2 Å². The first-order valence-corrected chi connectivity index (χ1v) is 14.2. The van der Waals surface area contributed by atoms with Crippen molar-refractivity contribution in [2.24, 2.45) is 3.77 Å². The van der Waals surface area contributed by atoms with Crippen LogP contribution in [-0.2, 0) is 29.4 Å². The predicted octanol–water partition coefficient (Wildman–Crippen LogP) is 5.19. The molecule has 3 rings (SSSR count). The molecule has 0 fully saturated rings. The van der Waals surface area contributed by atoms with E-state index in [2.05, 4.69) is 15.1 Å². The van der Waals surface area contributed by atoms with Crippen molar-refractivity contribution >= 4 is 26.1 Å². The molecule has 0 saturated heterocycles. The van der Waals surface area contributed by atoms with Crippen LogP contribution in [-0.4, -0.2) is 31.4 Å². The van der Waals surface area contributed by atoms with Gasteiger partial charge in [-0.3, -0.25) is 0 Å². The molecule has 0 radical (unpaired) electrons. The number of hydrogen-bond acceptors (Lipinski definition) is 6. The lowest BCUT2D eigenvalue weighted by molar-refractivity contribution is 0.0839. The van der Waals surface area contributed by atoms with Crippen LogP contribution in [0.1, 0.15) is 36.8 Å². The first-order valence-electron chi connectivity index (χ1n) is 11.2. The third-order valence-corrected chi connectivity index (χ3v) is 9.31. The highest BCUT2D eigenvalue weighted by molar-refractivity contribution is 8.02. The van der Waals surface area contributed by atoms with Crippen LogP contribution >= 0.6 is 0 Å². The minimum atomic E-state index is -4.24. The van der Waals surface area contributed by atoms with Crippen LogP contribution in [0.4, 0.5) is 4.79 Å². The Morgan fingerprint density at radius 2 is 1.63 bits per heavy atom. The van der Waals surface area contributed by atoms with Gasteiger partial charge in [-0.25, -0.2) is 13.7 Å². The monoisotopic (exact) mass is 518 g/mol. The summed E-state index contributed by atoms with van der Waals surface area (Å²) in [5.74, 6) is 0.362. The zero-order valence-electron chi connectivity index (χ0n) is 19.8. The van der Waals surface area contributed by atoms with Crippen molar-refractivity contribution in [3.8, 4) is 0 Å². The highest BCUT2D eigenvalue weighted by Gasteiger charge is 2.25. The predicted molar refractivity (Wildman–Crippen MR) is 134 cm³/mol. The average Bonchev–Trinajstić information content (AvgIpc) is 3.02. The Balaban J connectivity index is 2.00. The molecule has 0 heterocycles. The van der Waals surface area contributed by atoms with Gasteiger partial charge >= 0.3 is 6.16 Å². The number of carbonyl (C=O) groups is 1. The summed E-state index contributed by atoms with van der Waals surface area (Å²) in [6.45, 7) is 7.23. The van der Waals surface area contributed by atoms with Gasteiger partial charge in [0.15, 0.2) is 9.92 Å².